The van der Waals surface area contributed by atoms with Gasteiger partial charge in [0.05, 0.1) is 5.02 Å². The largest absolute Gasteiger partial charge is 0.506 e. The molecule has 4 aliphatic rings. The molecule has 0 heterocycles. The van der Waals surface area contributed by atoms with Gasteiger partial charge in [0.25, 0.3) is 0 Å². The Labute approximate surface area is 243 Å². The van der Waals surface area contributed by atoms with E-state index in [9.17, 15) is 10.2 Å². The van der Waals surface area contributed by atoms with E-state index in [4.69, 9.17) is 11.6 Å². The zero-order valence-electron chi connectivity index (χ0n) is 25.4. The summed E-state index contributed by atoms with van der Waals surface area (Å²) in [5, 5.41) is 21.0. The molecule has 2 nitrogen and oxygen atoms in total. The van der Waals surface area contributed by atoms with Crippen LogP contribution in [0.25, 0.3) is 6.08 Å². The molecule has 4 saturated carbocycles. The van der Waals surface area contributed by atoms with Crippen LogP contribution in [0.5, 0.6) is 5.75 Å². The first kappa shape index (κ1) is 29.2. The number of phenolic OH excluding ortho intramolecular Hbond substituents is 1. The molecular formula is C36H53ClO2. The summed E-state index contributed by atoms with van der Waals surface area (Å²) in [5.41, 5.74) is 3.35. The Morgan fingerprint density at radius 3 is 2.44 bits per heavy atom. The molecule has 39 heavy (non-hydrogen) atoms. The number of benzene rings is 1. The van der Waals surface area contributed by atoms with Gasteiger partial charge in [-0.3, -0.25) is 0 Å². The summed E-state index contributed by atoms with van der Waals surface area (Å²) in [6, 6.07) is 5.51. The van der Waals surface area contributed by atoms with E-state index in [0.717, 1.165) is 12.0 Å². The molecule has 4 fully saturated rings. The molecule has 0 spiro atoms. The average Bonchev–Trinajstić information content (AvgIpc) is 3.27. The molecule has 5 rings (SSSR count). The van der Waals surface area contributed by atoms with E-state index in [-0.39, 0.29) is 16.6 Å². The topological polar surface area (TPSA) is 40.5 Å². The maximum atomic E-state index is 10.8. The van der Waals surface area contributed by atoms with E-state index in [1.165, 1.54) is 56.9 Å². The van der Waals surface area contributed by atoms with Crippen LogP contribution in [-0.2, 0) is 0 Å². The van der Waals surface area contributed by atoms with Gasteiger partial charge in [-0.1, -0.05) is 76.6 Å². The Morgan fingerprint density at radius 1 is 1.05 bits per heavy atom. The molecule has 4 aliphatic carbocycles. The molecule has 0 radical (unpaired) electrons. The fourth-order valence-corrected chi connectivity index (χ4v) is 11.6. The molecule has 0 bridgehead atoms. The van der Waals surface area contributed by atoms with Crippen molar-refractivity contribution in [2.24, 2.45) is 57.2 Å². The van der Waals surface area contributed by atoms with Gasteiger partial charge in [-0.05, 0) is 140 Å². The number of aliphatic hydroxyl groups is 1. The second-order valence-electron chi connectivity index (χ2n) is 15.3. The number of fused-ring (bicyclic) bond motifs is 5. The minimum Gasteiger partial charge on any atom is -0.506 e. The number of halogens is 1. The predicted octanol–water partition coefficient (Wildman–Crippen LogP) is 9.93. The Balaban J connectivity index is 1.49. The van der Waals surface area contributed by atoms with Crippen molar-refractivity contribution in [2.45, 2.75) is 99.3 Å². The highest BCUT2D eigenvalue weighted by Gasteiger charge is 2.69. The SMILES string of the molecule is C=C(C)C1CCC2(CO)CCC3(C)C(CCC4C(C)(CC=Cc5ccc(O)c(Cl)c5)C(C(C)C)CCC43C)C12. The molecule has 9 unspecified atom stereocenters. The van der Waals surface area contributed by atoms with Crippen LogP contribution < -0.4 is 0 Å². The molecule has 0 amide bonds. The highest BCUT2D eigenvalue weighted by molar-refractivity contribution is 6.32. The van der Waals surface area contributed by atoms with Crippen molar-refractivity contribution in [1.82, 2.24) is 0 Å². The van der Waals surface area contributed by atoms with Crippen molar-refractivity contribution in [2.75, 3.05) is 6.61 Å². The lowest BCUT2D eigenvalue weighted by Gasteiger charge is -2.71. The van der Waals surface area contributed by atoms with Gasteiger partial charge in [-0.25, -0.2) is 0 Å². The summed E-state index contributed by atoms with van der Waals surface area (Å²) < 4.78 is 0. The van der Waals surface area contributed by atoms with Crippen LogP contribution in [-0.4, -0.2) is 16.8 Å². The minimum atomic E-state index is 0.115. The Bertz CT molecular complexity index is 1120. The summed E-state index contributed by atoms with van der Waals surface area (Å²) in [6.07, 6.45) is 15.7. The van der Waals surface area contributed by atoms with Gasteiger partial charge in [0.1, 0.15) is 5.75 Å². The van der Waals surface area contributed by atoms with E-state index in [1.54, 1.807) is 6.07 Å². The lowest BCUT2D eigenvalue weighted by molar-refractivity contribution is -0.224. The molecule has 0 saturated heterocycles. The highest BCUT2D eigenvalue weighted by Crippen LogP contribution is 2.76. The second kappa shape index (κ2) is 10.2. The van der Waals surface area contributed by atoms with Gasteiger partial charge in [-0.2, -0.15) is 0 Å². The van der Waals surface area contributed by atoms with Crippen LogP contribution in [0.15, 0.2) is 36.4 Å². The first-order chi connectivity index (χ1) is 18.3. The van der Waals surface area contributed by atoms with Gasteiger partial charge in [0.2, 0.25) is 0 Å². The summed E-state index contributed by atoms with van der Waals surface area (Å²) in [4.78, 5) is 0. The lowest BCUT2D eigenvalue weighted by atomic mass is 9.34. The zero-order valence-corrected chi connectivity index (χ0v) is 26.2. The maximum Gasteiger partial charge on any atom is 0.134 e. The summed E-state index contributed by atoms with van der Waals surface area (Å²) in [7, 11) is 0. The Hall–Kier alpha value is -1.25. The van der Waals surface area contributed by atoms with Crippen LogP contribution >= 0.6 is 11.6 Å². The molecule has 0 aliphatic heterocycles. The van der Waals surface area contributed by atoms with Crippen LogP contribution in [0.3, 0.4) is 0 Å². The third-order valence-electron chi connectivity index (χ3n) is 13.5. The first-order valence-corrected chi connectivity index (χ1v) is 16.1. The van der Waals surface area contributed by atoms with Crippen LogP contribution in [0, 0.1) is 57.2 Å². The fourth-order valence-electron chi connectivity index (χ4n) is 11.4. The quantitative estimate of drug-likeness (QED) is 0.345. The monoisotopic (exact) mass is 552 g/mol. The van der Waals surface area contributed by atoms with Crippen molar-refractivity contribution in [3.63, 3.8) is 0 Å². The van der Waals surface area contributed by atoms with Crippen LogP contribution in [0.2, 0.25) is 5.02 Å². The van der Waals surface area contributed by atoms with Crippen LogP contribution in [0.1, 0.15) is 105 Å². The van der Waals surface area contributed by atoms with E-state index in [2.05, 4.69) is 60.3 Å². The summed E-state index contributed by atoms with van der Waals surface area (Å²) in [5.74, 6) is 4.04. The molecule has 216 valence electrons. The van der Waals surface area contributed by atoms with Gasteiger partial charge in [0.15, 0.2) is 0 Å². The van der Waals surface area contributed by atoms with E-state index >= 15 is 0 Å². The molecule has 3 heteroatoms. The maximum absolute atomic E-state index is 10.8. The third-order valence-corrected chi connectivity index (χ3v) is 13.8. The molecule has 9 atom stereocenters. The van der Waals surface area contributed by atoms with E-state index in [0.29, 0.717) is 58.0 Å². The van der Waals surface area contributed by atoms with Gasteiger partial charge >= 0.3 is 0 Å². The minimum absolute atomic E-state index is 0.115. The van der Waals surface area contributed by atoms with Crippen molar-refractivity contribution in [3.8, 4) is 5.75 Å². The molecular weight excluding hydrogens is 500 g/mol. The third kappa shape index (κ3) is 4.37. The second-order valence-corrected chi connectivity index (χ2v) is 15.7. The molecule has 1 aromatic carbocycles. The van der Waals surface area contributed by atoms with Crippen LogP contribution in [0.4, 0.5) is 0 Å². The van der Waals surface area contributed by atoms with Gasteiger partial charge in [-0.15, -0.1) is 0 Å². The highest BCUT2D eigenvalue weighted by atomic mass is 35.5. The van der Waals surface area contributed by atoms with Crippen molar-refractivity contribution in [3.05, 3.63) is 47.0 Å². The average molecular weight is 553 g/mol. The fraction of sp³-hybridized carbons (Fsp3) is 0.722. The van der Waals surface area contributed by atoms with Gasteiger partial charge in [0, 0.05) is 6.61 Å². The van der Waals surface area contributed by atoms with E-state index in [1.807, 2.05) is 12.1 Å². The number of hydrogen-bond acceptors (Lipinski definition) is 2. The van der Waals surface area contributed by atoms with Crippen molar-refractivity contribution < 1.29 is 10.2 Å². The molecule has 0 aromatic heterocycles. The lowest BCUT2D eigenvalue weighted by Crippen LogP contribution is -2.64. The van der Waals surface area contributed by atoms with E-state index < -0.39 is 0 Å². The zero-order chi connectivity index (χ0) is 28.4. The number of hydrogen-bond donors (Lipinski definition) is 2. The molecule has 1 aromatic rings. The summed E-state index contributed by atoms with van der Waals surface area (Å²) >= 11 is 6.21. The predicted molar refractivity (Wildman–Crippen MR) is 165 cm³/mol. The smallest absolute Gasteiger partial charge is 0.134 e. The van der Waals surface area contributed by atoms with Crippen molar-refractivity contribution in [1.29, 1.82) is 0 Å². The molecule has 2 N–H and O–H groups in total. The van der Waals surface area contributed by atoms with Crippen molar-refractivity contribution >= 4 is 17.7 Å². The Kier molecular flexibility index (Phi) is 7.67. The summed E-state index contributed by atoms with van der Waals surface area (Å²) in [6.45, 7) is 19.9. The number of aromatic hydroxyl groups is 1. The number of phenols is 1. The number of rotatable bonds is 6. The normalized spacial score (nSPS) is 43.8. The number of aliphatic hydroxyl groups excluding tert-OH is 1. The number of allylic oxidation sites excluding steroid dienone is 2. The Morgan fingerprint density at radius 2 is 1.79 bits per heavy atom. The first-order valence-electron chi connectivity index (χ1n) is 15.7. The standard InChI is InChI=1S/C36H53ClO2/c1-23(2)26-14-18-36(22-38)20-19-34(6)28(32(26)36)11-13-31-33(5,27(24(3)4)15-17-35(31,34)7)16-8-9-25-10-12-30(39)29(37)21-25/h8-10,12,21,24,26-28,31-32,38-39H,1,11,13-20,22H2,2-7H3. The van der Waals surface area contributed by atoms with Gasteiger partial charge < -0.3 is 10.2 Å².